The molecule has 1 aliphatic rings. The van der Waals surface area contributed by atoms with Gasteiger partial charge in [-0.25, -0.2) is 12.7 Å². The summed E-state index contributed by atoms with van der Waals surface area (Å²) in [6.07, 6.45) is 1.09. The fourth-order valence-corrected chi connectivity index (χ4v) is 3.51. The van der Waals surface area contributed by atoms with E-state index in [0.29, 0.717) is 11.7 Å². The Bertz CT molecular complexity index is 613. The first-order valence-corrected chi connectivity index (χ1v) is 8.41. The normalized spacial score (nSPS) is 19.7. The van der Waals surface area contributed by atoms with E-state index < -0.39 is 10.0 Å². The lowest BCUT2D eigenvalue weighted by Gasteiger charge is -2.23. The highest BCUT2D eigenvalue weighted by atomic mass is 32.2. The van der Waals surface area contributed by atoms with Gasteiger partial charge in [-0.3, -0.25) is 0 Å². The van der Waals surface area contributed by atoms with E-state index in [2.05, 4.69) is 23.9 Å². The van der Waals surface area contributed by atoms with E-state index in [1.54, 1.807) is 12.1 Å². The van der Waals surface area contributed by atoms with Gasteiger partial charge in [0.25, 0.3) is 0 Å². The van der Waals surface area contributed by atoms with Crippen molar-refractivity contribution >= 4 is 21.4 Å². The van der Waals surface area contributed by atoms with Crippen LogP contribution >= 0.6 is 0 Å². The van der Waals surface area contributed by atoms with E-state index in [0.717, 1.165) is 25.2 Å². The van der Waals surface area contributed by atoms with Crippen LogP contribution in [-0.4, -0.2) is 64.9 Å². The molecular weight excluding hydrogens is 288 g/mol. The number of hydrogen-bond acceptors (Lipinski definition) is 5. The van der Waals surface area contributed by atoms with Gasteiger partial charge in [0, 0.05) is 33.2 Å². The highest BCUT2D eigenvalue weighted by Crippen LogP contribution is 2.30. The molecule has 1 saturated heterocycles. The third kappa shape index (κ3) is 3.14. The first-order chi connectivity index (χ1) is 9.73. The summed E-state index contributed by atoms with van der Waals surface area (Å²) in [4.78, 5) is 4.66. The second-order valence-electron chi connectivity index (χ2n) is 5.86. The molecule has 0 radical (unpaired) electrons. The number of hydrogen-bond donors (Lipinski definition) is 1. The molecule has 1 aliphatic heterocycles. The lowest BCUT2D eigenvalue weighted by atomic mass is 10.2. The van der Waals surface area contributed by atoms with Crippen LogP contribution in [0.1, 0.15) is 6.42 Å². The molecule has 0 spiro atoms. The standard InChI is InChI=1S/C14H24N4O2S/c1-16(2)11-7-8-18(10-11)14-6-5-12(9-13(14)15)21(19,20)17(3)4/h5-6,9,11H,7-8,10,15H2,1-4H3. The molecule has 1 unspecified atom stereocenters. The molecule has 0 aliphatic carbocycles. The van der Waals surface area contributed by atoms with Crippen LogP contribution in [0.2, 0.25) is 0 Å². The molecule has 1 atom stereocenters. The maximum absolute atomic E-state index is 12.1. The Kier molecular flexibility index (Phi) is 4.46. The second-order valence-corrected chi connectivity index (χ2v) is 8.01. The predicted octanol–water partition coefficient (Wildman–Crippen LogP) is 0.659. The zero-order valence-electron chi connectivity index (χ0n) is 13.1. The third-order valence-corrected chi connectivity index (χ3v) is 5.82. The Morgan fingerprint density at radius 1 is 1.24 bits per heavy atom. The summed E-state index contributed by atoms with van der Waals surface area (Å²) >= 11 is 0. The van der Waals surface area contributed by atoms with Gasteiger partial charge >= 0.3 is 0 Å². The Hall–Kier alpha value is -1.31. The minimum Gasteiger partial charge on any atom is -0.397 e. The number of anilines is 2. The number of nitrogens with zero attached hydrogens (tertiary/aromatic N) is 3. The molecule has 0 saturated carbocycles. The Morgan fingerprint density at radius 2 is 1.90 bits per heavy atom. The van der Waals surface area contributed by atoms with Crippen molar-refractivity contribution < 1.29 is 8.42 Å². The second kappa shape index (κ2) is 5.82. The summed E-state index contributed by atoms with van der Waals surface area (Å²) in [5.74, 6) is 0. The number of nitrogen functional groups attached to an aromatic ring is 1. The Labute approximate surface area is 127 Å². The van der Waals surface area contributed by atoms with Crippen LogP contribution in [-0.2, 0) is 10.0 Å². The monoisotopic (exact) mass is 312 g/mol. The van der Waals surface area contributed by atoms with Crippen molar-refractivity contribution in [3.8, 4) is 0 Å². The van der Waals surface area contributed by atoms with Crippen LogP contribution in [0.15, 0.2) is 23.1 Å². The Balaban J connectivity index is 2.25. The first kappa shape index (κ1) is 16.1. The van der Waals surface area contributed by atoms with Crippen LogP contribution < -0.4 is 10.6 Å². The van der Waals surface area contributed by atoms with Crippen molar-refractivity contribution in [2.75, 3.05) is 51.9 Å². The van der Waals surface area contributed by atoms with Gasteiger partial charge in [0.05, 0.1) is 16.3 Å². The summed E-state index contributed by atoms with van der Waals surface area (Å²) in [5, 5.41) is 0. The van der Waals surface area contributed by atoms with Gasteiger partial charge in [0.2, 0.25) is 10.0 Å². The van der Waals surface area contributed by atoms with E-state index >= 15 is 0 Å². The molecule has 1 fully saturated rings. The summed E-state index contributed by atoms with van der Waals surface area (Å²) < 4.78 is 25.4. The van der Waals surface area contributed by atoms with Crippen LogP contribution in [0.3, 0.4) is 0 Å². The first-order valence-electron chi connectivity index (χ1n) is 6.97. The maximum Gasteiger partial charge on any atom is 0.242 e. The van der Waals surface area contributed by atoms with Gasteiger partial charge in [-0.2, -0.15) is 0 Å². The smallest absolute Gasteiger partial charge is 0.242 e. The molecule has 2 rings (SSSR count). The molecule has 0 bridgehead atoms. The van der Waals surface area contributed by atoms with E-state index in [9.17, 15) is 8.42 Å². The lowest BCUT2D eigenvalue weighted by Crippen LogP contribution is -2.31. The van der Waals surface area contributed by atoms with Gasteiger partial charge in [-0.1, -0.05) is 0 Å². The molecule has 21 heavy (non-hydrogen) atoms. The number of sulfonamides is 1. The molecule has 1 heterocycles. The molecule has 0 amide bonds. The van der Waals surface area contributed by atoms with E-state index in [1.807, 2.05) is 6.07 Å². The van der Waals surface area contributed by atoms with Crippen molar-refractivity contribution in [3.63, 3.8) is 0 Å². The van der Waals surface area contributed by atoms with Crippen LogP contribution in [0.4, 0.5) is 11.4 Å². The zero-order valence-corrected chi connectivity index (χ0v) is 13.9. The molecule has 1 aromatic carbocycles. The van der Waals surface area contributed by atoms with Gasteiger partial charge in [-0.15, -0.1) is 0 Å². The maximum atomic E-state index is 12.1. The molecule has 2 N–H and O–H groups in total. The van der Waals surface area contributed by atoms with Crippen LogP contribution in [0.25, 0.3) is 0 Å². The summed E-state index contributed by atoms with van der Waals surface area (Å²) in [7, 11) is 3.74. The highest BCUT2D eigenvalue weighted by molar-refractivity contribution is 7.89. The van der Waals surface area contributed by atoms with Crippen molar-refractivity contribution in [2.24, 2.45) is 0 Å². The topological polar surface area (TPSA) is 69.9 Å². The average Bonchev–Trinajstić information content (AvgIpc) is 2.87. The van der Waals surface area contributed by atoms with Crippen LogP contribution in [0.5, 0.6) is 0 Å². The zero-order chi connectivity index (χ0) is 15.8. The van der Waals surface area contributed by atoms with Gasteiger partial charge in [-0.05, 0) is 38.7 Å². The third-order valence-electron chi connectivity index (χ3n) is 4.01. The largest absolute Gasteiger partial charge is 0.397 e. The van der Waals surface area contributed by atoms with Gasteiger partial charge in [0.15, 0.2) is 0 Å². The van der Waals surface area contributed by atoms with Crippen molar-refractivity contribution in [3.05, 3.63) is 18.2 Å². The minimum absolute atomic E-state index is 0.233. The van der Waals surface area contributed by atoms with Crippen molar-refractivity contribution in [1.82, 2.24) is 9.21 Å². The van der Waals surface area contributed by atoms with E-state index in [1.165, 1.54) is 18.4 Å². The molecule has 6 nitrogen and oxygen atoms in total. The number of nitrogens with two attached hydrogens (primary N) is 1. The Morgan fingerprint density at radius 3 is 2.38 bits per heavy atom. The highest BCUT2D eigenvalue weighted by Gasteiger charge is 2.26. The summed E-state index contributed by atoms with van der Waals surface area (Å²) in [6, 6.07) is 5.50. The van der Waals surface area contributed by atoms with Crippen LogP contribution in [0, 0.1) is 0 Å². The average molecular weight is 312 g/mol. The number of rotatable bonds is 4. The van der Waals surface area contributed by atoms with Gasteiger partial charge in [0.1, 0.15) is 0 Å². The summed E-state index contributed by atoms with van der Waals surface area (Å²) in [6.45, 7) is 1.85. The number of likely N-dealkylation sites (N-methyl/N-ethyl adjacent to an activating group) is 1. The lowest BCUT2D eigenvalue weighted by molar-refractivity contribution is 0.315. The minimum atomic E-state index is -3.44. The number of benzene rings is 1. The molecule has 7 heteroatoms. The SMILES string of the molecule is CN(C)C1CCN(c2ccc(S(=O)(=O)N(C)C)cc2N)C1. The molecular formula is C14H24N4O2S. The summed E-state index contributed by atoms with van der Waals surface area (Å²) in [5.41, 5.74) is 7.51. The molecule has 0 aromatic heterocycles. The predicted molar refractivity (Wildman–Crippen MR) is 86.0 cm³/mol. The molecule has 118 valence electrons. The van der Waals surface area contributed by atoms with Gasteiger partial charge < -0.3 is 15.5 Å². The molecule has 1 aromatic rings. The van der Waals surface area contributed by atoms with E-state index in [4.69, 9.17) is 5.73 Å². The fraction of sp³-hybridized carbons (Fsp3) is 0.571. The quantitative estimate of drug-likeness (QED) is 0.827. The van der Waals surface area contributed by atoms with Crippen molar-refractivity contribution in [2.45, 2.75) is 17.4 Å². The van der Waals surface area contributed by atoms with Crippen molar-refractivity contribution in [1.29, 1.82) is 0 Å². The van der Waals surface area contributed by atoms with E-state index in [-0.39, 0.29) is 4.90 Å². The fourth-order valence-electron chi connectivity index (χ4n) is 2.57.